The van der Waals surface area contributed by atoms with E-state index >= 15 is 0 Å². The Morgan fingerprint density at radius 3 is 2.33 bits per heavy atom. The monoisotopic (exact) mass is 84.0 g/mol. The van der Waals surface area contributed by atoms with Crippen LogP contribution in [0.3, 0.4) is 0 Å². The number of nitriles is 1. The molecule has 0 heterocycles. The van der Waals surface area contributed by atoms with E-state index in [0.29, 0.717) is 0 Å². The fourth-order valence-corrected chi connectivity index (χ4v) is 0.0250. The molecule has 0 saturated heterocycles. The van der Waals surface area contributed by atoms with E-state index in [2.05, 4.69) is 0 Å². The number of hydroxylamine groups is 2. The molecule has 0 atom stereocenters. The minimum atomic E-state index is -0.0278. The highest BCUT2D eigenvalue weighted by atomic mass is 16.5. The molecule has 0 aliphatic rings. The van der Waals surface area contributed by atoms with Gasteiger partial charge in [-0.25, -0.2) is 0 Å². The molecule has 6 heavy (non-hydrogen) atoms. The van der Waals surface area contributed by atoms with E-state index in [1.54, 1.807) is 0 Å². The quantitative estimate of drug-likeness (QED) is 0.150. The molecule has 0 aromatic carbocycles. The first-order chi connectivity index (χ1) is 2.81. The summed E-state index contributed by atoms with van der Waals surface area (Å²) in [5.74, 6) is 0. The van der Waals surface area contributed by atoms with Crippen molar-refractivity contribution in [2.45, 2.75) is 0 Å². The van der Waals surface area contributed by atoms with Gasteiger partial charge >= 0.3 is 0 Å². The van der Waals surface area contributed by atoms with Crippen molar-refractivity contribution in [1.82, 2.24) is 5.06 Å². The van der Waals surface area contributed by atoms with Gasteiger partial charge in [-0.2, -0.15) is 5.26 Å². The smallest absolute Gasteiger partial charge is 0.212 e. The molecule has 0 fully saturated rings. The van der Waals surface area contributed by atoms with Gasteiger partial charge in [0.05, 0.1) is 0 Å². The maximum atomic E-state index is 7.84. The molecule has 1 radical (unpaired) electrons. The first-order valence-corrected chi connectivity index (χ1v) is 1.12. The highest BCUT2D eigenvalue weighted by molar-refractivity contribution is 5.50. The molecule has 31 valence electrons. The van der Waals surface area contributed by atoms with Crippen LogP contribution < -0.4 is 0 Å². The summed E-state index contributed by atoms with van der Waals surface area (Å²) in [5, 5.41) is 21.4. The normalized spacial score (nSPS) is 6.00. The van der Waals surface area contributed by atoms with Crippen LogP contribution in [-0.4, -0.2) is 16.6 Å². The Morgan fingerprint density at radius 1 is 1.83 bits per heavy atom. The Labute approximate surface area is 34.7 Å². The number of rotatable bonds is 1. The third-order valence-electron chi connectivity index (χ3n) is 0.201. The van der Waals surface area contributed by atoms with Gasteiger partial charge in [0.15, 0.2) is 0 Å². The summed E-state index contributed by atoms with van der Waals surface area (Å²) >= 11 is 0. The highest BCUT2D eigenvalue weighted by Crippen LogP contribution is 1.59. The fourth-order valence-electron chi connectivity index (χ4n) is 0.0250. The first kappa shape index (κ1) is 4.92. The van der Waals surface area contributed by atoms with E-state index < -0.39 is 0 Å². The Kier molecular flexibility index (Phi) is 1.78. The summed E-state index contributed by atoms with van der Waals surface area (Å²) in [6.07, 6.45) is 2.60. The predicted octanol–water partition coefficient (Wildman–Crippen LogP) is -0.357. The van der Waals surface area contributed by atoms with E-state index in [1.807, 2.05) is 0 Å². The zero-order valence-electron chi connectivity index (χ0n) is 2.84. The van der Waals surface area contributed by atoms with Crippen molar-refractivity contribution >= 4 is 6.34 Å². The molecule has 0 spiro atoms. The Morgan fingerprint density at radius 2 is 2.33 bits per heavy atom. The molecular formula is C2H2N3O. The lowest BCUT2D eigenvalue weighted by atomic mass is 11.1. The predicted molar refractivity (Wildman–Crippen MR) is 17.0 cm³/mol. The summed E-state index contributed by atoms with van der Waals surface area (Å²) in [6, 6.07) is 0. The van der Waals surface area contributed by atoms with Crippen LogP contribution in [-0.2, 0) is 0 Å². The molecule has 0 aliphatic heterocycles. The van der Waals surface area contributed by atoms with Crippen LogP contribution in [0.5, 0.6) is 0 Å². The third-order valence-corrected chi connectivity index (χ3v) is 0.201. The lowest BCUT2D eigenvalue weighted by Gasteiger charge is -1.86. The van der Waals surface area contributed by atoms with Gasteiger partial charge in [-0.15, -0.1) is 5.06 Å². The van der Waals surface area contributed by atoms with E-state index in [-0.39, 0.29) is 5.06 Å². The lowest BCUT2D eigenvalue weighted by Crippen LogP contribution is -2.06. The standard InChI is InChI=1S/C2H2N3O/c3-1-5(6)2-4/h3,6H. The molecule has 4 heteroatoms. The molecule has 0 amide bonds. The summed E-state index contributed by atoms with van der Waals surface area (Å²) in [7, 11) is 0. The van der Waals surface area contributed by atoms with Crippen LogP contribution in [0.15, 0.2) is 0 Å². The van der Waals surface area contributed by atoms with E-state index in [1.165, 1.54) is 12.5 Å². The van der Waals surface area contributed by atoms with Gasteiger partial charge in [-0.3, -0.25) is 10.6 Å². The molecule has 0 saturated carbocycles. The van der Waals surface area contributed by atoms with Crippen LogP contribution in [0.1, 0.15) is 0 Å². The second kappa shape index (κ2) is 2.18. The van der Waals surface area contributed by atoms with Crippen LogP contribution in [0.4, 0.5) is 0 Å². The van der Waals surface area contributed by atoms with Crippen molar-refractivity contribution in [1.29, 1.82) is 10.7 Å². The van der Waals surface area contributed by atoms with Crippen molar-refractivity contribution in [3.63, 3.8) is 0 Å². The SMILES string of the molecule is N#CN(O)[C]=N. The van der Waals surface area contributed by atoms with Crippen molar-refractivity contribution in [2.24, 2.45) is 0 Å². The van der Waals surface area contributed by atoms with Gasteiger partial charge in [-0.05, 0) is 0 Å². The van der Waals surface area contributed by atoms with Crippen LogP contribution >= 0.6 is 0 Å². The number of hydrogen-bond donors (Lipinski definition) is 2. The van der Waals surface area contributed by atoms with Crippen LogP contribution in [0.25, 0.3) is 0 Å². The zero-order chi connectivity index (χ0) is 4.99. The van der Waals surface area contributed by atoms with E-state index in [0.717, 1.165) is 0 Å². The van der Waals surface area contributed by atoms with Crippen LogP contribution in [0.2, 0.25) is 0 Å². The summed E-state index contributed by atoms with van der Waals surface area (Å²) in [6.45, 7) is 0. The van der Waals surface area contributed by atoms with Gasteiger partial charge in [0.25, 0.3) is 0 Å². The molecule has 0 unspecified atom stereocenters. The largest absolute Gasteiger partial charge is 0.279 e. The number of hydrogen-bond acceptors (Lipinski definition) is 3. The summed E-state index contributed by atoms with van der Waals surface area (Å²) in [5.41, 5.74) is 0. The molecule has 0 aromatic rings. The van der Waals surface area contributed by atoms with Gasteiger partial charge in [0, 0.05) is 0 Å². The average Bonchev–Trinajstić information content (AvgIpc) is 1.65. The van der Waals surface area contributed by atoms with Gasteiger partial charge in [0.2, 0.25) is 12.5 Å². The second-order valence-corrected chi connectivity index (χ2v) is 0.524. The van der Waals surface area contributed by atoms with Crippen LogP contribution in [0, 0.1) is 16.9 Å². The molecule has 0 aliphatic carbocycles. The fraction of sp³-hybridized carbons (Fsp3) is 0. The molecular weight excluding hydrogens is 82.0 g/mol. The average molecular weight is 84.1 g/mol. The van der Waals surface area contributed by atoms with Crippen molar-refractivity contribution in [2.75, 3.05) is 0 Å². The second-order valence-electron chi connectivity index (χ2n) is 0.524. The molecule has 2 N–H and O–H groups in total. The number of nitrogens with one attached hydrogen (secondary N) is 1. The lowest BCUT2D eigenvalue weighted by molar-refractivity contribution is 0.0531. The van der Waals surface area contributed by atoms with Crippen molar-refractivity contribution in [3.8, 4) is 6.19 Å². The third kappa shape index (κ3) is 1.26. The zero-order valence-corrected chi connectivity index (χ0v) is 2.84. The molecule has 0 bridgehead atoms. The number of nitrogens with zero attached hydrogens (tertiary/aromatic N) is 2. The van der Waals surface area contributed by atoms with Gasteiger partial charge in [-0.1, -0.05) is 0 Å². The summed E-state index contributed by atoms with van der Waals surface area (Å²) in [4.78, 5) is 0. The topological polar surface area (TPSA) is 71.1 Å². The molecule has 0 aromatic heterocycles. The van der Waals surface area contributed by atoms with Crippen molar-refractivity contribution < 1.29 is 5.21 Å². The minimum absolute atomic E-state index is 0.0278. The van der Waals surface area contributed by atoms with Crippen molar-refractivity contribution in [3.05, 3.63) is 0 Å². The Hall–Kier alpha value is -1.08. The Bertz CT molecular complexity index is 83.3. The minimum Gasteiger partial charge on any atom is -0.279 e. The first-order valence-electron chi connectivity index (χ1n) is 1.12. The van der Waals surface area contributed by atoms with Gasteiger partial charge < -0.3 is 0 Å². The molecule has 4 nitrogen and oxygen atoms in total. The highest BCUT2D eigenvalue weighted by Gasteiger charge is 1.80. The maximum absolute atomic E-state index is 7.84. The van der Waals surface area contributed by atoms with E-state index in [4.69, 9.17) is 15.9 Å². The summed E-state index contributed by atoms with van der Waals surface area (Å²) < 4.78 is 0. The van der Waals surface area contributed by atoms with E-state index in [9.17, 15) is 0 Å². The Balaban J connectivity index is 3.30. The maximum Gasteiger partial charge on any atom is 0.212 e. The van der Waals surface area contributed by atoms with Gasteiger partial charge in [0.1, 0.15) is 0 Å². The molecule has 0 rings (SSSR count).